The number of nitrogens with zero attached hydrogens (tertiary/aromatic N) is 1. The lowest BCUT2D eigenvalue weighted by Crippen LogP contribution is -2.64. The van der Waals surface area contributed by atoms with Crippen LogP contribution in [0.3, 0.4) is 0 Å². The van der Waals surface area contributed by atoms with Crippen molar-refractivity contribution in [3.8, 4) is 0 Å². The molecule has 1 heterocycles. The first-order valence-corrected chi connectivity index (χ1v) is 6.13. The minimum Gasteiger partial charge on any atom is -0.479 e. The van der Waals surface area contributed by atoms with Gasteiger partial charge in [0.15, 0.2) is 0 Å². The maximum atomic E-state index is 12.7. The highest BCUT2D eigenvalue weighted by Crippen LogP contribution is 2.30. The number of carbonyl (C=O) groups excluding carboxylic acids is 1. The fourth-order valence-electron chi connectivity index (χ4n) is 1.85. The van der Waals surface area contributed by atoms with Crippen LogP contribution in [0.1, 0.15) is 19.8 Å². The first kappa shape index (κ1) is 16.5. The van der Waals surface area contributed by atoms with Gasteiger partial charge in [-0.15, -0.1) is 0 Å². The summed E-state index contributed by atoms with van der Waals surface area (Å²) in [5.41, 5.74) is -3.30. The van der Waals surface area contributed by atoms with E-state index in [1.807, 2.05) is 11.9 Å². The first-order chi connectivity index (χ1) is 9.06. The van der Waals surface area contributed by atoms with Gasteiger partial charge in [0, 0.05) is 6.04 Å². The van der Waals surface area contributed by atoms with E-state index >= 15 is 0 Å². The number of halogens is 3. The molecule has 0 aromatic rings. The number of alkyl halides is 3. The van der Waals surface area contributed by atoms with E-state index < -0.39 is 23.7 Å². The fourth-order valence-corrected chi connectivity index (χ4v) is 1.85. The Labute approximate surface area is 114 Å². The molecular weight excluding hydrogens is 279 g/mol. The van der Waals surface area contributed by atoms with Gasteiger partial charge < -0.3 is 20.6 Å². The summed E-state index contributed by atoms with van der Waals surface area (Å²) in [6, 6.07) is -1.38. The van der Waals surface area contributed by atoms with E-state index in [1.54, 1.807) is 0 Å². The number of carbonyl (C=O) groups is 2. The predicted molar refractivity (Wildman–Crippen MR) is 64.3 cm³/mol. The summed E-state index contributed by atoms with van der Waals surface area (Å²) >= 11 is 0. The van der Waals surface area contributed by atoms with Crippen LogP contribution >= 0.6 is 0 Å². The van der Waals surface area contributed by atoms with Crippen molar-refractivity contribution in [3.05, 3.63) is 0 Å². The fraction of sp³-hybridized carbons (Fsp3) is 0.818. The summed E-state index contributed by atoms with van der Waals surface area (Å²) in [7, 11) is 1.90. The largest absolute Gasteiger partial charge is 0.479 e. The predicted octanol–water partition coefficient (Wildman–Crippen LogP) is 0.785. The molecule has 6 nitrogen and oxygen atoms in total. The van der Waals surface area contributed by atoms with Gasteiger partial charge in [0.25, 0.3) is 0 Å². The number of hydrogen-bond donors (Lipinski definition) is 3. The molecule has 3 N–H and O–H groups in total. The zero-order valence-electron chi connectivity index (χ0n) is 11.3. The van der Waals surface area contributed by atoms with E-state index in [9.17, 15) is 22.8 Å². The number of aliphatic carboxylic acids is 1. The van der Waals surface area contributed by atoms with Gasteiger partial charge in [-0.2, -0.15) is 13.2 Å². The monoisotopic (exact) mass is 297 g/mol. The summed E-state index contributed by atoms with van der Waals surface area (Å²) in [4.78, 5) is 24.4. The normalized spacial score (nSPS) is 21.1. The number of carboxylic acids is 1. The number of urea groups is 1. The van der Waals surface area contributed by atoms with E-state index in [2.05, 4.69) is 5.32 Å². The molecule has 1 fully saturated rings. The van der Waals surface area contributed by atoms with Crippen molar-refractivity contribution >= 4 is 12.0 Å². The molecule has 20 heavy (non-hydrogen) atoms. The smallest absolute Gasteiger partial charge is 0.422 e. The van der Waals surface area contributed by atoms with Gasteiger partial charge in [-0.05, 0) is 39.9 Å². The van der Waals surface area contributed by atoms with Crippen LogP contribution < -0.4 is 10.6 Å². The van der Waals surface area contributed by atoms with Gasteiger partial charge in [-0.3, -0.25) is 0 Å². The topological polar surface area (TPSA) is 81.7 Å². The van der Waals surface area contributed by atoms with Crippen LogP contribution in [-0.2, 0) is 4.79 Å². The molecule has 0 aromatic heterocycles. The molecular formula is C11H18F3N3O3. The molecule has 1 unspecified atom stereocenters. The maximum Gasteiger partial charge on any atom is 0.422 e. The molecule has 0 bridgehead atoms. The SMILES string of the molecule is CN1CCC(NC(=O)NC(C)(C(=O)O)C(F)(F)F)CC1. The number of nitrogens with one attached hydrogen (secondary N) is 2. The number of hydrogen-bond acceptors (Lipinski definition) is 3. The third kappa shape index (κ3) is 3.75. The molecule has 0 saturated carbocycles. The molecule has 1 saturated heterocycles. The molecule has 0 aliphatic carbocycles. The second-order valence-corrected chi connectivity index (χ2v) is 5.10. The van der Waals surface area contributed by atoms with Crippen molar-refractivity contribution in [1.82, 2.24) is 15.5 Å². The summed E-state index contributed by atoms with van der Waals surface area (Å²) in [6.07, 6.45) is -3.86. The number of rotatable bonds is 3. The Hall–Kier alpha value is -1.51. The maximum absolute atomic E-state index is 12.7. The van der Waals surface area contributed by atoms with Gasteiger partial charge in [-0.25, -0.2) is 9.59 Å². The van der Waals surface area contributed by atoms with E-state index in [0.29, 0.717) is 19.8 Å². The Morgan fingerprint density at radius 1 is 1.25 bits per heavy atom. The minimum absolute atomic E-state index is 0.252. The Bertz CT molecular complexity index is 381. The van der Waals surface area contributed by atoms with Gasteiger partial charge in [0.2, 0.25) is 5.54 Å². The molecule has 1 aliphatic rings. The molecule has 0 aromatic carbocycles. The van der Waals surface area contributed by atoms with E-state index in [4.69, 9.17) is 5.11 Å². The molecule has 2 amide bonds. The number of carboxylic acid groups (broad SMARTS) is 1. The second kappa shape index (κ2) is 5.86. The molecule has 9 heteroatoms. The van der Waals surface area contributed by atoms with Crippen LogP contribution in [-0.4, -0.2) is 59.9 Å². The van der Waals surface area contributed by atoms with Crippen molar-refractivity contribution in [2.45, 2.75) is 37.5 Å². The van der Waals surface area contributed by atoms with Crippen LogP contribution in [0.15, 0.2) is 0 Å². The van der Waals surface area contributed by atoms with Crippen LogP contribution in [0.4, 0.5) is 18.0 Å². The van der Waals surface area contributed by atoms with E-state index in [1.165, 1.54) is 5.32 Å². The lowest BCUT2D eigenvalue weighted by molar-refractivity contribution is -0.203. The van der Waals surface area contributed by atoms with Gasteiger partial charge in [-0.1, -0.05) is 0 Å². The Morgan fingerprint density at radius 3 is 2.15 bits per heavy atom. The van der Waals surface area contributed by atoms with Crippen molar-refractivity contribution < 1.29 is 27.9 Å². The van der Waals surface area contributed by atoms with Crippen molar-refractivity contribution in [2.24, 2.45) is 0 Å². The molecule has 0 spiro atoms. The van der Waals surface area contributed by atoms with Gasteiger partial charge in [0.05, 0.1) is 0 Å². The highest BCUT2D eigenvalue weighted by atomic mass is 19.4. The van der Waals surface area contributed by atoms with Crippen LogP contribution in [0.2, 0.25) is 0 Å². The molecule has 0 radical (unpaired) electrons. The zero-order valence-corrected chi connectivity index (χ0v) is 11.3. The minimum atomic E-state index is -5.08. The van der Waals surface area contributed by atoms with E-state index in [-0.39, 0.29) is 6.04 Å². The average Bonchev–Trinajstić information content (AvgIpc) is 2.30. The third-order valence-corrected chi connectivity index (χ3v) is 3.41. The highest BCUT2D eigenvalue weighted by molar-refractivity contribution is 5.86. The molecule has 1 rings (SSSR count). The first-order valence-electron chi connectivity index (χ1n) is 6.13. The standard InChI is InChI=1S/C11H18F3N3O3/c1-10(8(18)19,11(12,13)14)16-9(20)15-7-3-5-17(2)6-4-7/h7H,3-6H2,1-2H3,(H,18,19)(H2,15,16,20). The lowest BCUT2D eigenvalue weighted by Gasteiger charge is -2.32. The molecule has 1 aliphatic heterocycles. The Balaban J connectivity index is 2.62. The van der Waals surface area contributed by atoms with Gasteiger partial charge >= 0.3 is 18.2 Å². The third-order valence-electron chi connectivity index (χ3n) is 3.41. The Morgan fingerprint density at radius 2 is 1.75 bits per heavy atom. The quantitative estimate of drug-likeness (QED) is 0.719. The van der Waals surface area contributed by atoms with Crippen LogP contribution in [0.25, 0.3) is 0 Å². The van der Waals surface area contributed by atoms with Crippen molar-refractivity contribution in [2.75, 3.05) is 20.1 Å². The van der Waals surface area contributed by atoms with Gasteiger partial charge in [0.1, 0.15) is 0 Å². The number of piperidine rings is 1. The average molecular weight is 297 g/mol. The Kier molecular flexibility index (Phi) is 4.85. The van der Waals surface area contributed by atoms with Crippen LogP contribution in [0.5, 0.6) is 0 Å². The highest BCUT2D eigenvalue weighted by Gasteiger charge is 2.58. The lowest BCUT2D eigenvalue weighted by atomic mass is 10.0. The molecule has 116 valence electrons. The number of amides is 2. The van der Waals surface area contributed by atoms with E-state index in [0.717, 1.165) is 13.1 Å². The van der Waals surface area contributed by atoms with Crippen molar-refractivity contribution in [1.29, 1.82) is 0 Å². The zero-order chi connectivity index (χ0) is 15.6. The summed E-state index contributed by atoms with van der Waals surface area (Å²) < 4.78 is 38.1. The van der Waals surface area contributed by atoms with Crippen LogP contribution in [0, 0.1) is 0 Å². The number of likely N-dealkylation sites (tertiary alicyclic amines) is 1. The summed E-state index contributed by atoms with van der Waals surface area (Å²) in [6.45, 7) is 1.87. The summed E-state index contributed by atoms with van der Waals surface area (Å²) in [5, 5.41) is 12.6. The summed E-state index contributed by atoms with van der Waals surface area (Å²) in [5.74, 6) is -2.15. The second-order valence-electron chi connectivity index (χ2n) is 5.10. The van der Waals surface area contributed by atoms with Crippen molar-refractivity contribution in [3.63, 3.8) is 0 Å². The molecule has 1 atom stereocenters.